The molecule has 124 valence electrons. The first-order valence-corrected chi connectivity index (χ1v) is 8.79. The molecular weight excluding hydrogens is 302 g/mol. The number of hydrogen-bond acceptors (Lipinski definition) is 4. The highest BCUT2D eigenvalue weighted by Crippen LogP contribution is 2.15. The van der Waals surface area contributed by atoms with Crippen molar-refractivity contribution in [1.82, 2.24) is 14.9 Å². The van der Waals surface area contributed by atoms with Gasteiger partial charge in [-0.3, -0.25) is 4.79 Å². The Balaban J connectivity index is 2.84. The fourth-order valence-electron chi connectivity index (χ4n) is 1.98. The molecule has 0 aliphatic rings. The minimum atomic E-state index is -3.56. The Morgan fingerprint density at radius 3 is 2.55 bits per heavy atom. The van der Waals surface area contributed by atoms with Crippen molar-refractivity contribution >= 4 is 15.9 Å². The van der Waals surface area contributed by atoms with Crippen LogP contribution in [0, 0.1) is 6.92 Å². The molecule has 7 heteroatoms. The Bertz CT molecular complexity index is 612. The average molecular weight is 327 g/mol. The molecule has 0 bridgehead atoms. The molecule has 0 unspecified atom stereocenters. The van der Waals surface area contributed by atoms with Crippen molar-refractivity contribution in [2.24, 2.45) is 0 Å². The van der Waals surface area contributed by atoms with E-state index in [9.17, 15) is 13.2 Å². The Hall–Kier alpha value is -1.44. The topological polar surface area (TPSA) is 78.5 Å². The van der Waals surface area contributed by atoms with Crippen molar-refractivity contribution < 1.29 is 13.2 Å². The molecule has 0 saturated carbocycles. The van der Waals surface area contributed by atoms with E-state index in [1.54, 1.807) is 19.9 Å². The van der Waals surface area contributed by atoms with E-state index < -0.39 is 10.0 Å². The SMILES string of the molecule is CCNS(=O)(=O)c1ccc(C)c(C(=O)NCCCN(C)C)c1. The third-order valence-corrected chi connectivity index (χ3v) is 4.71. The molecular formula is C15H25N3O3S. The van der Waals surface area contributed by atoms with Gasteiger partial charge in [-0.1, -0.05) is 13.0 Å². The first-order chi connectivity index (χ1) is 10.3. The number of carbonyl (C=O) groups excluding carboxylic acids is 1. The van der Waals surface area contributed by atoms with Gasteiger partial charge in [0, 0.05) is 18.7 Å². The van der Waals surface area contributed by atoms with Gasteiger partial charge in [-0.25, -0.2) is 13.1 Å². The minimum Gasteiger partial charge on any atom is -0.352 e. The maximum absolute atomic E-state index is 12.2. The first kappa shape index (κ1) is 18.6. The summed E-state index contributed by atoms with van der Waals surface area (Å²) in [4.78, 5) is 14.4. The third kappa shape index (κ3) is 5.40. The number of nitrogens with one attached hydrogen (secondary N) is 2. The monoisotopic (exact) mass is 327 g/mol. The lowest BCUT2D eigenvalue weighted by Gasteiger charge is -2.12. The molecule has 1 rings (SSSR count). The summed E-state index contributed by atoms with van der Waals surface area (Å²) in [6.07, 6.45) is 0.840. The van der Waals surface area contributed by atoms with Crippen LogP contribution in [0.25, 0.3) is 0 Å². The molecule has 1 aromatic carbocycles. The molecule has 0 heterocycles. The second kappa shape index (κ2) is 8.26. The largest absolute Gasteiger partial charge is 0.352 e. The van der Waals surface area contributed by atoms with Crippen LogP contribution in [0.4, 0.5) is 0 Å². The molecule has 2 N–H and O–H groups in total. The standard InChI is InChI=1S/C15H25N3O3S/c1-5-17-22(20,21)13-8-7-12(2)14(11-13)15(19)16-9-6-10-18(3)4/h7-8,11,17H,5-6,9-10H2,1-4H3,(H,16,19). The van der Waals surface area contributed by atoms with Crippen molar-refractivity contribution in [3.05, 3.63) is 29.3 Å². The van der Waals surface area contributed by atoms with Gasteiger partial charge >= 0.3 is 0 Å². The summed E-state index contributed by atoms with van der Waals surface area (Å²) in [5.41, 5.74) is 1.14. The second-order valence-corrected chi connectivity index (χ2v) is 7.16. The molecule has 0 saturated heterocycles. The minimum absolute atomic E-state index is 0.110. The summed E-state index contributed by atoms with van der Waals surface area (Å²) >= 11 is 0. The van der Waals surface area contributed by atoms with Crippen LogP contribution in [0.3, 0.4) is 0 Å². The number of benzene rings is 1. The Morgan fingerprint density at radius 2 is 1.95 bits per heavy atom. The summed E-state index contributed by atoms with van der Waals surface area (Å²) in [6.45, 7) is 5.25. The van der Waals surface area contributed by atoms with Gasteiger partial charge in [0.2, 0.25) is 10.0 Å². The maximum Gasteiger partial charge on any atom is 0.251 e. The van der Waals surface area contributed by atoms with Gasteiger partial charge in [-0.05, 0) is 51.7 Å². The predicted octanol–water partition coefficient (Wildman–Crippen LogP) is 0.975. The lowest BCUT2D eigenvalue weighted by molar-refractivity contribution is 0.0951. The normalized spacial score (nSPS) is 11.7. The van der Waals surface area contributed by atoms with E-state index in [-0.39, 0.29) is 10.8 Å². The van der Waals surface area contributed by atoms with Crippen molar-refractivity contribution in [3.63, 3.8) is 0 Å². The Morgan fingerprint density at radius 1 is 1.27 bits per heavy atom. The zero-order chi connectivity index (χ0) is 16.8. The highest BCUT2D eigenvalue weighted by molar-refractivity contribution is 7.89. The predicted molar refractivity (Wildman–Crippen MR) is 87.5 cm³/mol. The number of rotatable bonds is 8. The van der Waals surface area contributed by atoms with Crippen LogP contribution in [-0.4, -0.2) is 53.0 Å². The fraction of sp³-hybridized carbons (Fsp3) is 0.533. The third-order valence-electron chi connectivity index (χ3n) is 3.17. The summed E-state index contributed by atoms with van der Waals surface area (Å²) in [5, 5.41) is 2.82. The zero-order valence-corrected chi connectivity index (χ0v) is 14.5. The van der Waals surface area contributed by atoms with Gasteiger partial charge in [0.1, 0.15) is 0 Å². The summed E-state index contributed by atoms with van der Waals surface area (Å²) in [6, 6.07) is 4.59. The number of carbonyl (C=O) groups is 1. The number of aryl methyl sites for hydroxylation is 1. The summed E-state index contributed by atoms with van der Waals surface area (Å²) < 4.78 is 26.4. The van der Waals surface area contributed by atoms with Crippen LogP contribution >= 0.6 is 0 Å². The molecule has 0 spiro atoms. The average Bonchev–Trinajstić information content (AvgIpc) is 2.43. The lowest BCUT2D eigenvalue weighted by Crippen LogP contribution is -2.28. The van der Waals surface area contributed by atoms with E-state index >= 15 is 0 Å². The van der Waals surface area contributed by atoms with Crippen LogP contribution in [0.15, 0.2) is 23.1 Å². The quantitative estimate of drug-likeness (QED) is 0.698. The maximum atomic E-state index is 12.2. The van der Waals surface area contributed by atoms with Crippen LogP contribution in [-0.2, 0) is 10.0 Å². The van der Waals surface area contributed by atoms with E-state index in [2.05, 4.69) is 10.0 Å². The smallest absolute Gasteiger partial charge is 0.251 e. The van der Waals surface area contributed by atoms with Crippen LogP contribution in [0.2, 0.25) is 0 Å². The van der Waals surface area contributed by atoms with Gasteiger partial charge in [0.25, 0.3) is 5.91 Å². The molecule has 0 radical (unpaired) electrons. The molecule has 0 aromatic heterocycles. The van der Waals surface area contributed by atoms with E-state index in [0.29, 0.717) is 18.7 Å². The molecule has 0 atom stereocenters. The van der Waals surface area contributed by atoms with E-state index in [1.165, 1.54) is 12.1 Å². The molecule has 1 aromatic rings. The van der Waals surface area contributed by atoms with Crippen LogP contribution in [0.5, 0.6) is 0 Å². The van der Waals surface area contributed by atoms with Gasteiger partial charge in [0.15, 0.2) is 0 Å². The zero-order valence-electron chi connectivity index (χ0n) is 13.6. The summed E-state index contributed by atoms with van der Waals surface area (Å²) in [7, 11) is 0.390. The van der Waals surface area contributed by atoms with Crippen molar-refractivity contribution in [1.29, 1.82) is 0 Å². The van der Waals surface area contributed by atoms with E-state index in [1.807, 2.05) is 19.0 Å². The highest BCUT2D eigenvalue weighted by atomic mass is 32.2. The van der Waals surface area contributed by atoms with Crippen molar-refractivity contribution in [3.8, 4) is 0 Å². The Labute approximate surface area is 132 Å². The number of nitrogens with zero attached hydrogens (tertiary/aromatic N) is 1. The number of amides is 1. The number of sulfonamides is 1. The molecule has 0 fully saturated rings. The first-order valence-electron chi connectivity index (χ1n) is 7.31. The van der Waals surface area contributed by atoms with Gasteiger partial charge < -0.3 is 10.2 Å². The van der Waals surface area contributed by atoms with Crippen molar-refractivity contribution in [2.75, 3.05) is 33.7 Å². The molecule has 22 heavy (non-hydrogen) atoms. The van der Waals surface area contributed by atoms with Crippen LogP contribution in [0.1, 0.15) is 29.3 Å². The van der Waals surface area contributed by atoms with Gasteiger partial charge in [-0.2, -0.15) is 0 Å². The number of hydrogen-bond donors (Lipinski definition) is 2. The van der Waals surface area contributed by atoms with Crippen molar-refractivity contribution in [2.45, 2.75) is 25.2 Å². The molecule has 0 aliphatic carbocycles. The molecule has 1 amide bonds. The van der Waals surface area contributed by atoms with Gasteiger partial charge in [0.05, 0.1) is 4.90 Å². The summed E-state index contributed by atoms with van der Waals surface area (Å²) in [5.74, 6) is -0.246. The van der Waals surface area contributed by atoms with Crippen LogP contribution < -0.4 is 10.0 Å². The van der Waals surface area contributed by atoms with Gasteiger partial charge in [-0.15, -0.1) is 0 Å². The molecule has 0 aliphatic heterocycles. The fourth-order valence-corrected chi connectivity index (χ4v) is 3.05. The molecule has 6 nitrogen and oxygen atoms in total. The lowest BCUT2D eigenvalue weighted by atomic mass is 10.1. The second-order valence-electron chi connectivity index (χ2n) is 5.39. The van der Waals surface area contributed by atoms with E-state index in [0.717, 1.165) is 18.5 Å². The van der Waals surface area contributed by atoms with E-state index in [4.69, 9.17) is 0 Å². The highest BCUT2D eigenvalue weighted by Gasteiger charge is 2.17. The Kier molecular flexibility index (Phi) is 6.99.